The topological polar surface area (TPSA) is 66.4 Å². The van der Waals surface area contributed by atoms with E-state index in [1.54, 1.807) is 23.5 Å². The largest absolute Gasteiger partial charge is 0.480 e. The minimum atomic E-state index is -1.00. The third-order valence-electron chi connectivity index (χ3n) is 2.46. The zero-order valence-corrected chi connectivity index (χ0v) is 11.1. The molecule has 0 spiro atoms. The Hall–Kier alpha value is -1.62. The number of aliphatic carboxylic acids is 1. The van der Waals surface area contributed by atoms with Crippen molar-refractivity contribution in [1.82, 2.24) is 5.32 Å². The molecular formula is C13H17NO3S. The Bertz CT molecular complexity index is 412. The fourth-order valence-corrected chi connectivity index (χ4v) is 2.16. The van der Waals surface area contributed by atoms with Crippen LogP contribution in [0.2, 0.25) is 0 Å². The van der Waals surface area contributed by atoms with E-state index in [1.807, 2.05) is 23.8 Å². The molecule has 1 aromatic heterocycles. The van der Waals surface area contributed by atoms with Crippen LogP contribution in [0.5, 0.6) is 0 Å². The molecule has 1 amide bonds. The van der Waals surface area contributed by atoms with Crippen molar-refractivity contribution in [3.05, 3.63) is 34.5 Å². The number of hydrogen-bond acceptors (Lipinski definition) is 3. The van der Waals surface area contributed by atoms with Crippen molar-refractivity contribution in [3.63, 3.8) is 0 Å². The molecular weight excluding hydrogens is 250 g/mol. The van der Waals surface area contributed by atoms with Crippen molar-refractivity contribution in [3.8, 4) is 0 Å². The highest BCUT2D eigenvalue weighted by atomic mass is 32.1. The van der Waals surface area contributed by atoms with Gasteiger partial charge >= 0.3 is 5.97 Å². The highest BCUT2D eigenvalue weighted by molar-refractivity contribution is 7.07. The number of allylic oxidation sites excluding steroid dienone is 1. The van der Waals surface area contributed by atoms with Gasteiger partial charge in [-0.05, 0) is 42.2 Å². The zero-order chi connectivity index (χ0) is 13.4. The Labute approximate surface area is 110 Å². The van der Waals surface area contributed by atoms with E-state index in [2.05, 4.69) is 5.32 Å². The highest BCUT2D eigenvalue weighted by Crippen LogP contribution is 2.08. The van der Waals surface area contributed by atoms with Crippen molar-refractivity contribution < 1.29 is 14.7 Å². The lowest BCUT2D eigenvalue weighted by Gasteiger charge is -2.12. The number of carbonyl (C=O) groups excluding carboxylic acids is 1. The van der Waals surface area contributed by atoms with E-state index in [1.165, 1.54) is 0 Å². The molecule has 0 aliphatic rings. The Morgan fingerprint density at radius 2 is 2.33 bits per heavy atom. The molecule has 0 aliphatic heterocycles. The molecule has 98 valence electrons. The summed E-state index contributed by atoms with van der Waals surface area (Å²) in [5.41, 5.74) is 1.11. The summed E-state index contributed by atoms with van der Waals surface area (Å²) in [6.07, 6.45) is 4.78. The van der Waals surface area contributed by atoms with Gasteiger partial charge in [0.1, 0.15) is 6.04 Å². The third kappa shape index (κ3) is 5.14. The fourth-order valence-electron chi connectivity index (χ4n) is 1.45. The van der Waals surface area contributed by atoms with Gasteiger partial charge in [-0.2, -0.15) is 11.3 Å². The van der Waals surface area contributed by atoms with Crippen molar-refractivity contribution in [2.45, 2.75) is 32.2 Å². The zero-order valence-electron chi connectivity index (χ0n) is 10.3. The molecule has 0 radical (unpaired) electrons. The number of rotatable bonds is 7. The summed E-state index contributed by atoms with van der Waals surface area (Å²) in [6, 6.07) is 1.13. The van der Waals surface area contributed by atoms with Gasteiger partial charge in [0.15, 0.2) is 0 Å². The summed E-state index contributed by atoms with van der Waals surface area (Å²) in [6.45, 7) is 1.82. The summed E-state index contributed by atoms with van der Waals surface area (Å²) in [5.74, 6) is -1.23. The van der Waals surface area contributed by atoms with E-state index in [0.29, 0.717) is 19.3 Å². The lowest BCUT2D eigenvalue weighted by Crippen LogP contribution is -2.40. The van der Waals surface area contributed by atoms with Crippen LogP contribution < -0.4 is 5.32 Å². The molecule has 0 aliphatic carbocycles. The number of nitrogens with one attached hydrogen (secondary N) is 1. The van der Waals surface area contributed by atoms with E-state index in [0.717, 1.165) is 5.56 Å². The van der Waals surface area contributed by atoms with Gasteiger partial charge in [0, 0.05) is 6.42 Å². The summed E-state index contributed by atoms with van der Waals surface area (Å²) >= 11 is 1.59. The first kappa shape index (κ1) is 14.4. The first-order valence-electron chi connectivity index (χ1n) is 5.78. The standard InChI is InChI=1S/C13H17NO3S/c1-2-3-4-11(13(16)17)14-12(15)6-5-10-7-8-18-9-10/h2-3,7-9,11H,4-6H2,1H3,(H,14,15)(H,16,17)/b3-2+. The van der Waals surface area contributed by atoms with Crippen LogP contribution in [0, 0.1) is 0 Å². The van der Waals surface area contributed by atoms with Crippen LogP contribution in [0.1, 0.15) is 25.3 Å². The summed E-state index contributed by atoms with van der Waals surface area (Å²) < 4.78 is 0. The number of hydrogen-bond donors (Lipinski definition) is 2. The fraction of sp³-hybridized carbons (Fsp3) is 0.385. The van der Waals surface area contributed by atoms with Crippen LogP contribution in [0.25, 0.3) is 0 Å². The van der Waals surface area contributed by atoms with Crippen LogP contribution in [-0.2, 0) is 16.0 Å². The number of amides is 1. The molecule has 0 saturated carbocycles. The average Bonchev–Trinajstić information content (AvgIpc) is 2.84. The number of carboxylic acids is 1. The first-order valence-corrected chi connectivity index (χ1v) is 6.72. The van der Waals surface area contributed by atoms with Crippen LogP contribution in [0.3, 0.4) is 0 Å². The van der Waals surface area contributed by atoms with Gasteiger partial charge < -0.3 is 10.4 Å². The van der Waals surface area contributed by atoms with Crippen molar-refractivity contribution in [1.29, 1.82) is 0 Å². The highest BCUT2D eigenvalue weighted by Gasteiger charge is 2.17. The Morgan fingerprint density at radius 1 is 1.56 bits per heavy atom. The first-order chi connectivity index (χ1) is 8.63. The lowest BCUT2D eigenvalue weighted by atomic mass is 10.1. The molecule has 0 saturated heterocycles. The summed E-state index contributed by atoms with van der Waals surface area (Å²) in [4.78, 5) is 22.5. The molecule has 1 rings (SSSR count). The molecule has 1 atom stereocenters. The summed E-state index contributed by atoms with van der Waals surface area (Å²) in [5, 5.41) is 15.4. The van der Waals surface area contributed by atoms with Gasteiger partial charge in [-0.15, -0.1) is 0 Å². The maximum atomic E-state index is 11.6. The Morgan fingerprint density at radius 3 is 2.89 bits per heavy atom. The van der Waals surface area contributed by atoms with Crippen molar-refractivity contribution in [2.24, 2.45) is 0 Å². The summed E-state index contributed by atoms with van der Waals surface area (Å²) in [7, 11) is 0. The average molecular weight is 267 g/mol. The Balaban J connectivity index is 2.38. The van der Waals surface area contributed by atoms with Crippen LogP contribution in [0.15, 0.2) is 29.0 Å². The number of carbonyl (C=O) groups is 2. The van der Waals surface area contributed by atoms with E-state index in [-0.39, 0.29) is 5.91 Å². The van der Waals surface area contributed by atoms with Gasteiger partial charge in [0.05, 0.1) is 0 Å². The van der Waals surface area contributed by atoms with Gasteiger partial charge in [-0.1, -0.05) is 12.2 Å². The maximum Gasteiger partial charge on any atom is 0.326 e. The molecule has 1 unspecified atom stereocenters. The quantitative estimate of drug-likeness (QED) is 0.744. The molecule has 5 heteroatoms. The minimum Gasteiger partial charge on any atom is -0.480 e. The van der Waals surface area contributed by atoms with E-state index >= 15 is 0 Å². The number of thiophene rings is 1. The maximum absolute atomic E-state index is 11.6. The second-order valence-electron chi connectivity index (χ2n) is 3.89. The second kappa shape index (κ2) is 7.66. The second-order valence-corrected chi connectivity index (χ2v) is 4.67. The van der Waals surface area contributed by atoms with Gasteiger partial charge in [-0.3, -0.25) is 4.79 Å². The van der Waals surface area contributed by atoms with Crippen molar-refractivity contribution >= 4 is 23.2 Å². The predicted octanol–water partition coefficient (Wildman–Crippen LogP) is 2.22. The van der Waals surface area contributed by atoms with E-state index in [9.17, 15) is 9.59 Å². The number of aryl methyl sites for hydroxylation is 1. The smallest absolute Gasteiger partial charge is 0.326 e. The molecule has 2 N–H and O–H groups in total. The molecule has 18 heavy (non-hydrogen) atoms. The van der Waals surface area contributed by atoms with Crippen molar-refractivity contribution in [2.75, 3.05) is 0 Å². The van der Waals surface area contributed by atoms with Gasteiger partial charge in [-0.25, -0.2) is 4.79 Å². The molecule has 0 aromatic carbocycles. The Kier molecular flexibility index (Phi) is 6.14. The molecule has 0 bridgehead atoms. The van der Waals surface area contributed by atoms with Crippen LogP contribution >= 0.6 is 11.3 Å². The number of carboxylic acid groups (broad SMARTS) is 1. The van der Waals surface area contributed by atoms with Crippen LogP contribution in [-0.4, -0.2) is 23.0 Å². The normalized spacial score (nSPS) is 12.5. The monoisotopic (exact) mass is 267 g/mol. The van der Waals surface area contributed by atoms with Crippen LogP contribution in [0.4, 0.5) is 0 Å². The minimum absolute atomic E-state index is 0.224. The lowest BCUT2D eigenvalue weighted by molar-refractivity contribution is -0.141. The van der Waals surface area contributed by atoms with E-state index in [4.69, 9.17) is 5.11 Å². The van der Waals surface area contributed by atoms with Gasteiger partial charge in [0.25, 0.3) is 0 Å². The van der Waals surface area contributed by atoms with E-state index < -0.39 is 12.0 Å². The predicted molar refractivity (Wildman–Crippen MR) is 71.6 cm³/mol. The SMILES string of the molecule is C/C=C/CC(NC(=O)CCc1ccsc1)C(=O)O. The van der Waals surface area contributed by atoms with Gasteiger partial charge in [0.2, 0.25) is 5.91 Å². The molecule has 4 nitrogen and oxygen atoms in total. The molecule has 1 heterocycles. The molecule has 0 fully saturated rings. The third-order valence-corrected chi connectivity index (χ3v) is 3.19. The molecule has 1 aromatic rings.